The Kier molecular flexibility index (Phi) is 5.23. The fraction of sp³-hybridized carbons (Fsp3) is 0.333. The van der Waals surface area contributed by atoms with Gasteiger partial charge in [0.2, 0.25) is 0 Å². The number of nitrogens with one attached hydrogen (secondary N) is 1. The van der Waals surface area contributed by atoms with Crippen LogP contribution in [0.2, 0.25) is 0 Å². The van der Waals surface area contributed by atoms with Crippen LogP contribution in [0.4, 0.5) is 0 Å². The quantitative estimate of drug-likeness (QED) is 0.881. The van der Waals surface area contributed by atoms with Crippen molar-refractivity contribution in [1.82, 2.24) is 5.32 Å². The smallest absolute Gasteiger partial charge is 0.130 e. The molecular weight excluding hydrogens is 262 g/mol. The van der Waals surface area contributed by atoms with Crippen molar-refractivity contribution in [3.63, 3.8) is 0 Å². The lowest BCUT2D eigenvalue weighted by molar-refractivity contribution is 0.397. The largest absolute Gasteiger partial charge is 0.496 e. The van der Waals surface area contributed by atoms with E-state index in [4.69, 9.17) is 9.47 Å². The van der Waals surface area contributed by atoms with Gasteiger partial charge in [-0.1, -0.05) is 30.3 Å². The van der Waals surface area contributed by atoms with Crippen molar-refractivity contribution < 1.29 is 9.47 Å². The van der Waals surface area contributed by atoms with Crippen molar-refractivity contribution >= 4 is 0 Å². The van der Waals surface area contributed by atoms with Crippen LogP contribution in [-0.4, -0.2) is 27.3 Å². The predicted molar refractivity (Wildman–Crippen MR) is 87.2 cm³/mol. The highest BCUT2D eigenvalue weighted by Crippen LogP contribution is 2.38. The van der Waals surface area contributed by atoms with Gasteiger partial charge in [0.05, 0.1) is 19.8 Å². The average Bonchev–Trinajstić information content (AvgIpc) is 2.54. The van der Waals surface area contributed by atoms with Gasteiger partial charge in [-0.15, -0.1) is 0 Å². The monoisotopic (exact) mass is 285 g/mol. The molecule has 0 saturated carbocycles. The highest BCUT2D eigenvalue weighted by molar-refractivity contribution is 5.77. The first kappa shape index (κ1) is 15.4. The molecule has 0 heterocycles. The third-order valence-electron chi connectivity index (χ3n) is 3.71. The van der Waals surface area contributed by atoms with E-state index in [1.54, 1.807) is 14.2 Å². The van der Waals surface area contributed by atoms with Gasteiger partial charge in [0.25, 0.3) is 0 Å². The van der Waals surface area contributed by atoms with Crippen LogP contribution < -0.4 is 14.8 Å². The fourth-order valence-electron chi connectivity index (χ4n) is 2.40. The van der Waals surface area contributed by atoms with Gasteiger partial charge in [0.15, 0.2) is 0 Å². The Morgan fingerprint density at radius 1 is 0.952 bits per heavy atom. The summed E-state index contributed by atoms with van der Waals surface area (Å²) in [6.45, 7) is 2.18. The van der Waals surface area contributed by atoms with Crippen LogP contribution in [0.15, 0.2) is 42.5 Å². The molecule has 112 valence electrons. The highest BCUT2D eigenvalue weighted by atomic mass is 16.5. The van der Waals surface area contributed by atoms with Crippen molar-refractivity contribution in [3.05, 3.63) is 48.0 Å². The van der Waals surface area contributed by atoms with E-state index in [-0.39, 0.29) is 0 Å². The van der Waals surface area contributed by atoms with Crippen molar-refractivity contribution in [3.8, 4) is 22.6 Å². The van der Waals surface area contributed by atoms with E-state index >= 15 is 0 Å². The zero-order valence-corrected chi connectivity index (χ0v) is 13.1. The summed E-state index contributed by atoms with van der Waals surface area (Å²) in [6.07, 6.45) is 1.01. The lowest BCUT2D eigenvalue weighted by atomic mass is 9.99. The molecule has 0 aromatic heterocycles. The molecule has 0 radical (unpaired) electrons. The lowest BCUT2D eigenvalue weighted by Gasteiger charge is -2.14. The molecule has 0 aliphatic carbocycles. The van der Waals surface area contributed by atoms with Crippen LogP contribution in [0.3, 0.4) is 0 Å². The first-order chi connectivity index (χ1) is 10.2. The summed E-state index contributed by atoms with van der Waals surface area (Å²) in [4.78, 5) is 0. The molecule has 0 bridgehead atoms. The van der Waals surface area contributed by atoms with Crippen molar-refractivity contribution in [2.24, 2.45) is 0 Å². The molecule has 0 spiro atoms. The Labute approximate surface area is 126 Å². The molecule has 0 amide bonds. The standard InChI is InChI=1S/C18H23NO2/c1-13(19-2)12-14-8-10-15(11-9-14)18-16(20-3)6-5-7-17(18)21-4/h5-11,13,19H,12H2,1-4H3. The van der Waals surface area contributed by atoms with Crippen LogP contribution >= 0.6 is 0 Å². The number of benzene rings is 2. The predicted octanol–water partition coefficient (Wildman–Crippen LogP) is 3.52. The molecule has 2 rings (SSSR count). The van der Waals surface area contributed by atoms with Crippen molar-refractivity contribution in [2.75, 3.05) is 21.3 Å². The minimum Gasteiger partial charge on any atom is -0.496 e. The first-order valence-electron chi connectivity index (χ1n) is 7.17. The maximum absolute atomic E-state index is 5.46. The van der Waals surface area contributed by atoms with E-state index in [0.29, 0.717) is 6.04 Å². The van der Waals surface area contributed by atoms with Crippen LogP contribution in [0, 0.1) is 0 Å². The molecule has 21 heavy (non-hydrogen) atoms. The van der Waals surface area contributed by atoms with E-state index in [1.807, 2.05) is 25.2 Å². The van der Waals surface area contributed by atoms with Crippen LogP contribution in [0.1, 0.15) is 12.5 Å². The average molecular weight is 285 g/mol. The maximum Gasteiger partial charge on any atom is 0.130 e. The van der Waals surface area contributed by atoms with Gasteiger partial charge in [-0.05, 0) is 43.7 Å². The maximum atomic E-state index is 5.46. The summed E-state index contributed by atoms with van der Waals surface area (Å²) in [5.41, 5.74) is 3.41. The number of hydrogen-bond donors (Lipinski definition) is 1. The Balaban J connectivity index is 2.34. The summed E-state index contributed by atoms with van der Waals surface area (Å²) in [5, 5.41) is 3.26. The van der Waals surface area contributed by atoms with Crippen molar-refractivity contribution in [1.29, 1.82) is 0 Å². The molecule has 0 fully saturated rings. The number of rotatable bonds is 6. The molecule has 1 N–H and O–H groups in total. The SMILES string of the molecule is CNC(C)Cc1ccc(-c2c(OC)cccc2OC)cc1. The van der Waals surface area contributed by atoms with Gasteiger partial charge in [-0.25, -0.2) is 0 Å². The topological polar surface area (TPSA) is 30.5 Å². The second-order valence-corrected chi connectivity index (χ2v) is 5.13. The molecule has 0 saturated heterocycles. The molecular formula is C18H23NO2. The zero-order valence-electron chi connectivity index (χ0n) is 13.1. The molecule has 0 aliphatic rings. The minimum atomic E-state index is 0.469. The van der Waals surface area contributed by atoms with Gasteiger partial charge < -0.3 is 14.8 Å². The second-order valence-electron chi connectivity index (χ2n) is 5.13. The van der Waals surface area contributed by atoms with Crippen LogP contribution in [-0.2, 0) is 6.42 Å². The Morgan fingerprint density at radius 3 is 2.00 bits per heavy atom. The summed E-state index contributed by atoms with van der Waals surface area (Å²) in [6, 6.07) is 14.9. The lowest BCUT2D eigenvalue weighted by Crippen LogP contribution is -2.23. The van der Waals surface area contributed by atoms with E-state index in [1.165, 1.54) is 5.56 Å². The minimum absolute atomic E-state index is 0.469. The van der Waals surface area contributed by atoms with Crippen molar-refractivity contribution in [2.45, 2.75) is 19.4 Å². The second kappa shape index (κ2) is 7.14. The molecule has 3 heteroatoms. The van der Waals surface area contributed by atoms with Gasteiger partial charge in [0.1, 0.15) is 11.5 Å². The van der Waals surface area contributed by atoms with E-state index in [0.717, 1.165) is 29.0 Å². The summed E-state index contributed by atoms with van der Waals surface area (Å²) < 4.78 is 10.9. The van der Waals surface area contributed by atoms with Gasteiger partial charge in [0, 0.05) is 6.04 Å². The third-order valence-corrected chi connectivity index (χ3v) is 3.71. The molecule has 0 aliphatic heterocycles. The molecule has 3 nitrogen and oxygen atoms in total. The van der Waals surface area contributed by atoms with Gasteiger partial charge in [-0.3, -0.25) is 0 Å². The summed E-state index contributed by atoms with van der Waals surface area (Å²) in [5.74, 6) is 1.65. The number of hydrogen-bond acceptors (Lipinski definition) is 3. The Bertz CT molecular complexity index is 556. The Morgan fingerprint density at radius 2 is 1.52 bits per heavy atom. The number of methoxy groups -OCH3 is 2. The van der Waals surface area contributed by atoms with E-state index in [9.17, 15) is 0 Å². The van der Waals surface area contributed by atoms with E-state index in [2.05, 4.69) is 36.5 Å². The number of likely N-dealkylation sites (N-methyl/N-ethyl adjacent to an activating group) is 1. The fourth-order valence-corrected chi connectivity index (χ4v) is 2.40. The molecule has 2 aromatic rings. The normalized spacial score (nSPS) is 12.0. The Hall–Kier alpha value is -2.00. The number of ether oxygens (including phenoxy) is 2. The van der Waals surface area contributed by atoms with Crippen LogP contribution in [0.5, 0.6) is 11.5 Å². The van der Waals surface area contributed by atoms with Gasteiger partial charge >= 0.3 is 0 Å². The zero-order chi connectivity index (χ0) is 15.2. The summed E-state index contributed by atoms with van der Waals surface area (Å²) in [7, 11) is 5.35. The van der Waals surface area contributed by atoms with Gasteiger partial charge in [-0.2, -0.15) is 0 Å². The third kappa shape index (κ3) is 3.56. The van der Waals surface area contributed by atoms with E-state index < -0.39 is 0 Å². The molecule has 1 atom stereocenters. The van der Waals surface area contributed by atoms with Crippen LogP contribution in [0.25, 0.3) is 11.1 Å². The summed E-state index contributed by atoms with van der Waals surface area (Å²) >= 11 is 0. The molecule has 1 unspecified atom stereocenters. The highest BCUT2D eigenvalue weighted by Gasteiger charge is 2.12. The first-order valence-corrected chi connectivity index (χ1v) is 7.17. The molecule has 2 aromatic carbocycles.